The highest BCUT2D eigenvalue weighted by atomic mass is 31.2. The zero-order valence-corrected chi connectivity index (χ0v) is 66.2. The van der Waals surface area contributed by atoms with E-state index < -0.39 is 97.5 Å². The Morgan fingerprint density at radius 2 is 0.490 bits per heavy atom. The van der Waals surface area contributed by atoms with Crippen molar-refractivity contribution in [2.45, 2.75) is 418 Å². The lowest BCUT2D eigenvalue weighted by molar-refractivity contribution is -0.161. The summed E-state index contributed by atoms with van der Waals surface area (Å²) in [6.07, 6.45) is 71.1. The number of carbonyl (C=O) groups excluding carboxylic acids is 4. The molecule has 17 nitrogen and oxygen atoms in total. The largest absolute Gasteiger partial charge is 0.472 e. The third kappa shape index (κ3) is 73.6. The lowest BCUT2D eigenvalue weighted by Gasteiger charge is -2.21. The Labute approximate surface area is 611 Å². The van der Waals surface area contributed by atoms with Gasteiger partial charge in [0.15, 0.2) is 12.2 Å². The fourth-order valence-corrected chi connectivity index (χ4v) is 13.4. The number of aliphatic hydroxyl groups excluding tert-OH is 1. The average Bonchev–Trinajstić information content (AvgIpc) is 0.937. The van der Waals surface area contributed by atoms with Crippen molar-refractivity contribution in [2.75, 3.05) is 39.6 Å². The highest BCUT2D eigenvalue weighted by Crippen LogP contribution is 2.45. The van der Waals surface area contributed by atoms with Gasteiger partial charge in [-0.3, -0.25) is 37.3 Å². The van der Waals surface area contributed by atoms with Gasteiger partial charge in [-0.1, -0.05) is 327 Å². The van der Waals surface area contributed by atoms with E-state index in [1.165, 1.54) is 193 Å². The van der Waals surface area contributed by atoms with Crippen molar-refractivity contribution in [1.29, 1.82) is 0 Å². The molecule has 0 fully saturated rings. The van der Waals surface area contributed by atoms with Crippen molar-refractivity contribution in [1.82, 2.24) is 0 Å². The molecule has 3 N–H and O–H groups in total. The van der Waals surface area contributed by atoms with Crippen LogP contribution in [-0.4, -0.2) is 96.7 Å². The van der Waals surface area contributed by atoms with Crippen molar-refractivity contribution >= 4 is 39.5 Å². The van der Waals surface area contributed by atoms with Crippen LogP contribution in [0.2, 0.25) is 0 Å². The van der Waals surface area contributed by atoms with Gasteiger partial charge in [-0.25, -0.2) is 9.13 Å². The third-order valence-corrected chi connectivity index (χ3v) is 20.0. The van der Waals surface area contributed by atoms with Crippen LogP contribution in [0, 0.1) is 0 Å². The van der Waals surface area contributed by atoms with Crippen LogP contribution >= 0.6 is 15.6 Å². The summed E-state index contributed by atoms with van der Waals surface area (Å²) in [5, 5.41) is 10.6. The SMILES string of the molecule is CCCCC/C=C\C/C=C\CCCCCCCC(=O)OC[C@H](COP(=O)(O)OC[C@@H](O)COP(=O)(O)OC[C@@H](COC(=O)CCCCCCCCCCCCCCCCCCC)OC(=O)CCCCCCC/C=C\CCCCCCCC)OC(=O)CCCCCCCCCCCCCCC. The molecule has 0 aromatic heterocycles. The van der Waals surface area contributed by atoms with Gasteiger partial charge >= 0.3 is 39.5 Å². The molecule has 0 amide bonds. The number of hydrogen-bond acceptors (Lipinski definition) is 15. The minimum Gasteiger partial charge on any atom is -0.462 e. The van der Waals surface area contributed by atoms with Crippen molar-refractivity contribution < 1.29 is 80.2 Å². The summed E-state index contributed by atoms with van der Waals surface area (Å²) in [7, 11) is -9.94. The first-order chi connectivity index (χ1) is 48.7. The number of allylic oxidation sites excluding steroid dienone is 6. The van der Waals surface area contributed by atoms with Gasteiger partial charge in [0.25, 0.3) is 0 Å². The molecule has 0 aliphatic heterocycles. The Kier molecular flexibility index (Phi) is 72.5. The Morgan fingerprint density at radius 1 is 0.280 bits per heavy atom. The third-order valence-electron chi connectivity index (χ3n) is 18.1. The molecular weight excluding hydrogens is 1310 g/mol. The molecule has 19 heteroatoms. The molecule has 100 heavy (non-hydrogen) atoms. The van der Waals surface area contributed by atoms with E-state index in [4.69, 9.17) is 37.0 Å². The second-order valence-corrected chi connectivity index (χ2v) is 31.0. The van der Waals surface area contributed by atoms with Gasteiger partial charge in [0.05, 0.1) is 26.4 Å². The van der Waals surface area contributed by atoms with Crippen LogP contribution in [-0.2, 0) is 65.4 Å². The van der Waals surface area contributed by atoms with Gasteiger partial charge < -0.3 is 33.8 Å². The number of aliphatic hydroxyl groups is 1. The van der Waals surface area contributed by atoms with Crippen LogP contribution in [0.4, 0.5) is 0 Å². The normalized spacial score (nSPS) is 14.0. The minimum atomic E-state index is -4.97. The van der Waals surface area contributed by atoms with Gasteiger partial charge in [-0.2, -0.15) is 0 Å². The maximum atomic E-state index is 13.1. The fourth-order valence-electron chi connectivity index (χ4n) is 11.8. The molecule has 0 radical (unpaired) electrons. The number of unbranched alkanes of at least 4 members (excludes halogenated alkanes) is 47. The van der Waals surface area contributed by atoms with E-state index >= 15 is 0 Å². The number of phosphoric ester groups is 2. The molecule has 0 aromatic carbocycles. The summed E-state index contributed by atoms with van der Waals surface area (Å²) in [6.45, 7) is 4.93. The molecule has 0 saturated heterocycles. The second-order valence-electron chi connectivity index (χ2n) is 28.1. The number of rotatable bonds is 79. The smallest absolute Gasteiger partial charge is 0.462 e. The predicted octanol–water partition coefficient (Wildman–Crippen LogP) is 23.9. The maximum absolute atomic E-state index is 13.1. The number of hydrogen-bond donors (Lipinski definition) is 3. The molecule has 0 aromatic rings. The van der Waals surface area contributed by atoms with E-state index in [-0.39, 0.29) is 25.7 Å². The average molecular weight is 1460 g/mol. The number of ether oxygens (including phenoxy) is 4. The molecule has 0 saturated carbocycles. The molecule has 0 spiro atoms. The molecule has 0 heterocycles. The lowest BCUT2D eigenvalue weighted by Crippen LogP contribution is -2.30. The summed E-state index contributed by atoms with van der Waals surface area (Å²) in [6, 6.07) is 0. The molecule has 0 aliphatic rings. The molecule has 0 bridgehead atoms. The van der Waals surface area contributed by atoms with Gasteiger partial charge in [0, 0.05) is 25.7 Å². The Morgan fingerprint density at radius 3 is 0.770 bits per heavy atom. The van der Waals surface area contributed by atoms with E-state index in [1.807, 2.05) is 0 Å². The first-order valence-corrected chi connectivity index (χ1v) is 44.2. The van der Waals surface area contributed by atoms with Crippen LogP contribution in [0.3, 0.4) is 0 Å². The molecular formula is C81H152O17P2. The number of esters is 4. The van der Waals surface area contributed by atoms with Crippen LogP contribution in [0.25, 0.3) is 0 Å². The van der Waals surface area contributed by atoms with Gasteiger partial charge in [-0.05, 0) is 83.5 Å². The first kappa shape index (κ1) is 97.3. The summed E-state index contributed by atoms with van der Waals surface area (Å²) >= 11 is 0. The van der Waals surface area contributed by atoms with Crippen molar-refractivity contribution in [3.05, 3.63) is 36.5 Å². The number of phosphoric acid groups is 2. The van der Waals surface area contributed by atoms with Crippen molar-refractivity contribution in [2.24, 2.45) is 0 Å². The maximum Gasteiger partial charge on any atom is 0.472 e. The van der Waals surface area contributed by atoms with Gasteiger partial charge in [0.2, 0.25) is 0 Å². The highest BCUT2D eigenvalue weighted by molar-refractivity contribution is 7.47. The predicted molar refractivity (Wildman–Crippen MR) is 409 cm³/mol. The Balaban J connectivity index is 5.30. The fraction of sp³-hybridized carbons (Fsp3) is 0.877. The van der Waals surface area contributed by atoms with E-state index in [9.17, 15) is 43.2 Å². The summed E-state index contributed by atoms with van der Waals surface area (Å²) in [4.78, 5) is 73.0. The summed E-state index contributed by atoms with van der Waals surface area (Å²) < 4.78 is 68.7. The van der Waals surface area contributed by atoms with Crippen LogP contribution in [0.15, 0.2) is 36.5 Å². The van der Waals surface area contributed by atoms with Crippen LogP contribution in [0.5, 0.6) is 0 Å². The molecule has 0 aliphatic carbocycles. The monoisotopic (exact) mass is 1460 g/mol. The highest BCUT2D eigenvalue weighted by Gasteiger charge is 2.30. The first-order valence-electron chi connectivity index (χ1n) is 41.2. The molecule has 588 valence electrons. The van der Waals surface area contributed by atoms with E-state index in [1.54, 1.807) is 0 Å². The van der Waals surface area contributed by atoms with Crippen LogP contribution < -0.4 is 0 Å². The topological polar surface area (TPSA) is 237 Å². The Bertz CT molecular complexity index is 2040. The summed E-state index contributed by atoms with van der Waals surface area (Å²) in [5.41, 5.74) is 0. The van der Waals surface area contributed by atoms with Gasteiger partial charge in [0.1, 0.15) is 19.3 Å². The van der Waals surface area contributed by atoms with Crippen molar-refractivity contribution in [3.63, 3.8) is 0 Å². The second kappa shape index (κ2) is 74.5. The quantitative estimate of drug-likeness (QED) is 0.0169. The summed E-state index contributed by atoms with van der Waals surface area (Å²) in [5.74, 6) is -2.15. The Hall–Kier alpha value is -2.72. The standard InChI is InChI=1S/C81H152O17P2/c1-5-9-13-17-21-25-29-33-36-37-40-43-46-50-54-58-62-66-79(84)92-72-77(98-81(86)68-64-60-56-52-48-44-39-35-31-27-23-19-15-11-7-3)74-96-100(89,90)94-70-75(82)69-93-99(87,88)95-73-76(97-80(85)67-63-59-55-51-47-41-32-28-24-20-16-12-8-4)71-91-78(83)65-61-57-53-49-45-42-38-34-30-26-22-18-14-10-6-2/h22,26,34-35,38-39,75-77,82H,5-21,23-25,27-33,36-37,40-74H2,1-4H3,(H,87,88)(H,89,90)/b26-22-,38-34-,39-35-/t75-,76-,77-/m1/s1. The lowest BCUT2D eigenvalue weighted by atomic mass is 10.0. The zero-order chi connectivity index (χ0) is 73.2. The number of carbonyl (C=O) groups is 4. The van der Waals surface area contributed by atoms with E-state index in [0.29, 0.717) is 25.7 Å². The minimum absolute atomic E-state index is 0.0930. The molecule has 0 rings (SSSR count). The van der Waals surface area contributed by atoms with Crippen LogP contribution in [0.1, 0.15) is 400 Å². The zero-order valence-electron chi connectivity index (χ0n) is 64.4. The van der Waals surface area contributed by atoms with E-state index in [0.717, 1.165) is 128 Å². The van der Waals surface area contributed by atoms with Gasteiger partial charge in [-0.15, -0.1) is 0 Å². The molecule has 2 unspecified atom stereocenters. The molecule has 5 atom stereocenters. The van der Waals surface area contributed by atoms with Crippen molar-refractivity contribution in [3.8, 4) is 0 Å². The van der Waals surface area contributed by atoms with E-state index in [2.05, 4.69) is 64.2 Å².